The first-order valence-corrected chi connectivity index (χ1v) is 11.7. The predicted octanol–water partition coefficient (Wildman–Crippen LogP) is 8.17. The lowest BCUT2D eigenvalue weighted by Crippen LogP contribution is -2.33. The number of aryl methyl sites for hydroxylation is 1. The zero-order chi connectivity index (χ0) is 19.8. The topological polar surface area (TPSA) is 23.1 Å². The Morgan fingerprint density at radius 1 is 0.630 bits per heavy atom. The van der Waals surface area contributed by atoms with Crippen molar-refractivity contribution in [3.8, 4) is 0 Å². The normalized spacial score (nSPS) is 11.9. The van der Waals surface area contributed by atoms with Crippen molar-refractivity contribution in [2.24, 2.45) is 0 Å². The van der Waals surface area contributed by atoms with Gasteiger partial charge in [0, 0.05) is 5.56 Å². The van der Waals surface area contributed by atoms with Gasteiger partial charge in [-0.25, -0.2) is 0 Å². The summed E-state index contributed by atoms with van der Waals surface area (Å²) in [6, 6.07) is 8.13. The maximum atomic E-state index is 12.2. The molecule has 27 heavy (non-hydrogen) atoms. The van der Waals surface area contributed by atoms with E-state index in [1.807, 2.05) is 12.1 Å². The van der Waals surface area contributed by atoms with Crippen molar-refractivity contribution in [3.05, 3.63) is 35.0 Å². The summed E-state index contributed by atoms with van der Waals surface area (Å²) in [5.41, 5.74) is 2.15. The highest BCUT2D eigenvalue weighted by atomic mass is 16.5. The van der Waals surface area contributed by atoms with Crippen molar-refractivity contribution >= 4 is 5.69 Å². The van der Waals surface area contributed by atoms with Crippen LogP contribution in [-0.2, 0) is 6.42 Å². The van der Waals surface area contributed by atoms with Gasteiger partial charge in [0.2, 0.25) is 0 Å². The van der Waals surface area contributed by atoms with Gasteiger partial charge in [-0.05, 0) is 18.9 Å². The molecule has 0 spiro atoms. The highest BCUT2D eigenvalue weighted by Gasteiger charge is 2.12. The number of benzene rings is 1. The molecule has 0 amide bonds. The molecule has 2 nitrogen and oxygen atoms in total. The van der Waals surface area contributed by atoms with E-state index in [1.165, 1.54) is 102 Å². The number of unbranched alkanes of at least 4 members (excludes halogenated alkanes) is 14. The van der Waals surface area contributed by atoms with Crippen LogP contribution in [0.2, 0.25) is 0 Å². The van der Waals surface area contributed by atoms with E-state index in [2.05, 4.69) is 19.1 Å². The van der Waals surface area contributed by atoms with Crippen molar-refractivity contribution in [3.63, 3.8) is 0 Å². The maximum absolute atomic E-state index is 12.2. The molecular formula is C25H45NO. The second kappa shape index (κ2) is 15.1. The second-order valence-electron chi connectivity index (χ2n) is 8.68. The summed E-state index contributed by atoms with van der Waals surface area (Å²) in [5, 5.41) is 12.2. The Kier molecular flexibility index (Phi) is 13.5. The van der Waals surface area contributed by atoms with Crippen LogP contribution in [0.4, 0.5) is 5.69 Å². The predicted molar refractivity (Wildman–Crippen MR) is 122 cm³/mol. The van der Waals surface area contributed by atoms with Crippen LogP contribution in [0.15, 0.2) is 24.3 Å². The lowest BCUT2D eigenvalue weighted by atomic mass is 10.0. The number of hydrogen-bond donors (Lipinski definition) is 0. The minimum Gasteiger partial charge on any atom is -0.628 e. The van der Waals surface area contributed by atoms with E-state index in [-0.39, 0.29) is 4.65 Å². The molecule has 1 rings (SSSR count). The molecule has 0 saturated carbocycles. The number of nitrogens with zero attached hydrogens (tertiary/aromatic N) is 1. The molecule has 0 unspecified atom stereocenters. The van der Waals surface area contributed by atoms with Crippen LogP contribution in [0.5, 0.6) is 0 Å². The van der Waals surface area contributed by atoms with Crippen LogP contribution in [0, 0.1) is 5.21 Å². The van der Waals surface area contributed by atoms with E-state index in [0.29, 0.717) is 0 Å². The van der Waals surface area contributed by atoms with Crippen molar-refractivity contribution in [2.75, 3.05) is 14.1 Å². The lowest BCUT2D eigenvalue weighted by molar-refractivity contribution is 0.527. The van der Waals surface area contributed by atoms with Gasteiger partial charge in [0.15, 0.2) is 0 Å². The first-order valence-electron chi connectivity index (χ1n) is 11.7. The number of rotatable bonds is 17. The minimum atomic E-state index is -0.324. The Bertz CT molecular complexity index is 464. The summed E-state index contributed by atoms with van der Waals surface area (Å²) in [6.07, 6.45) is 21.9. The zero-order valence-corrected chi connectivity index (χ0v) is 18.5. The maximum Gasteiger partial charge on any atom is 0.135 e. The summed E-state index contributed by atoms with van der Waals surface area (Å²) >= 11 is 0. The molecule has 0 aliphatic heterocycles. The monoisotopic (exact) mass is 375 g/mol. The Morgan fingerprint density at radius 3 is 1.48 bits per heavy atom. The van der Waals surface area contributed by atoms with Crippen LogP contribution in [0.25, 0.3) is 0 Å². The Balaban J connectivity index is 1.93. The van der Waals surface area contributed by atoms with Crippen LogP contribution < -0.4 is 4.65 Å². The van der Waals surface area contributed by atoms with Gasteiger partial charge in [-0.1, -0.05) is 115 Å². The van der Waals surface area contributed by atoms with Crippen LogP contribution in [0.3, 0.4) is 0 Å². The molecule has 0 heterocycles. The van der Waals surface area contributed by atoms with Crippen LogP contribution in [-0.4, -0.2) is 14.1 Å². The van der Waals surface area contributed by atoms with Crippen LogP contribution in [0.1, 0.15) is 109 Å². The molecule has 0 aliphatic rings. The summed E-state index contributed by atoms with van der Waals surface area (Å²) in [6.45, 7) is 2.29. The standard InChI is InChI=1S/C25H45NO/c1-4-5-6-7-8-9-10-11-12-13-14-15-16-17-18-21-24-22-19-20-23-25(24)26(2,3)27/h19-20,22-23H,4-18,21H2,1-3H3. The van der Waals surface area contributed by atoms with Gasteiger partial charge in [-0.3, -0.25) is 0 Å². The van der Waals surface area contributed by atoms with E-state index in [4.69, 9.17) is 0 Å². The molecule has 0 saturated heterocycles. The molecule has 1 aromatic carbocycles. The van der Waals surface area contributed by atoms with Crippen LogP contribution >= 0.6 is 0 Å². The van der Waals surface area contributed by atoms with Gasteiger partial charge in [-0.2, -0.15) is 0 Å². The highest BCUT2D eigenvalue weighted by molar-refractivity contribution is 5.50. The molecular weight excluding hydrogens is 330 g/mol. The summed E-state index contributed by atoms with van der Waals surface area (Å²) in [5.74, 6) is 0. The lowest BCUT2D eigenvalue weighted by Gasteiger charge is -2.34. The van der Waals surface area contributed by atoms with Gasteiger partial charge in [0.1, 0.15) is 5.69 Å². The molecule has 0 aromatic heterocycles. The SMILES string of the molecule is CCCCCCCCCCCCCCCCCc1ccccc1[N+](C)(C)[O-]. The number of para-hydroxylation sites is 1. The first kappa shape index (κ1) is 24.2. The molecule has 0 bridgehead atoms. The summed E-state index contributed by atoms with van der Waals surface area (Å²) < 4.78 is -0.324. The third-order valence-corrected chi connectivity index (χ3v) is 5.62. The second-order valence-corrected chi connectivity index (χ2v) is 8.68. The third kappa shape index (κ3) is 12.3. The van der Waals surface area contributed by atoms with Gasteiger partial charge >= 0.3 is 0 Å². The molecule has 1 aromatic rings. The fourth-order valence-electron chi connectivity index (χ4n) is 3.93. The van der Waals surface area contributed by atoms with E-state index in [9.17, 15) is 5.21 Å². The number of quaternary nitrogens is 1. The molecule has 0 radical (unpaired) electrons. The van der Waals surface area contributed by atoms with E-state index in [0.717, 1.165) is 12.1 Å². The van der Waals surface area contributed by atoms with Gasteiger partial charge in [0.05, 0.1) is 14.1 Å². The Morgan fingerprint density at radius 2 is 1.04 bits per heavy atom. The zero-order valence-electron chi connectivity index (χ0n) is 18.5. The molecule has 0 atom stereocenters. The molecule has 0 N–H and O–H groups in total. The van der Waals surface area contributed by atoms with Gasteiger partial charge in [-0.15, -0.1) is 0 Å². The largest absolute Gasteiger partial charge is 0.628 e. The number of hydrogen-bond acceptors (Lipinski definition) is 1. The Labute approximate surface area is 169 Å². The highest BCUT2D eigenvalue weighted by Crippen LogP contribution is 2.25. The quantitative estimate of drug-likeness (QED) is 0.153. The summed E-state index contributed by atoms with van der Waals surface area (Å²) in [7, 11) is 3.43. The van der Waals surface area contributed by atoms with Crippen molar-refractivity contribution < 1.29 is 0 Å². The smallest absolute Gasteiger partial charge is 0.135 e. The average Bonchev–Trinajstić information content (AvgIpc) is 2.64. The van der Waals surface area contributed by atoms with Gasteiger partial charge < -0.3 is 9.85 Å². The fraction of sp³-hybridized carbons (Fsp3) is 0.760. The van der Waals surface area contributed by atoms with E-state index >= 15 is 0 Å². The van der Waals surface area contributed by atoms with Crippen molar-refractivity contribution in [1.82, 2.24) is 4.65 Å². The molecule has 156 valence electrons. The van der Waals surface area contributed by atoms with E-state index in [1.54, 1.807) is 14.1 Å². The van der Waals surface area contributed by atoms with Crippen molar-refractivity contribution in [1.29, 1.82) is 0 Å². The van der Waals surface area contributed by atoms with E-state index < -0.39 is 0 Å². The molecule has 2 heteroatoms. The Hall–Kier alpha value is -0.860. The molecule has 0 aliphatic carbocycles. The fourth-order valence-corrected chi connectivity index (χ4v) is 3.93. The number of hydroxylamine groups is 2. The summed E-state index contributed by atoms with van der Waals surface area (Å²) in [4.78, 5) is 0. The van der Waals surface area contributed by atoms with Crippen molar-refractivity contribution in [2.45, 2.75) is 110 Å². The van der Waals surface area contributed by atoms with Gasteiger partial charge in [0.25, 0.3) is 0 Å². The third-order valence-electron chi connectivity index (χ3n) is 5.62. The average molecular weight is 376 g/mol. The minimum absolute atomic E-state index is 0.324. The first-order chi connectivity index (χ1) is 13.1. The molecule has 0 fully saturated rings.